The minimum Gasteiger partial charge on any atom is -0.488 e. The van der Waals surface area contributed by atoms with E-state index >= 15 is 0 Å². The minimum absolute atomic E-state index is 0.00308. The van der Waals surface area contributed by atoms with Gasteiger partial charge in [-0.3, -0.25) is 9.79 Å². The van der Waals surface area contributed by atoms with Crippen molar-refractivity contribution in [1.82, 2.24) is 0 Å². The van der Waals surface area contributed by atoms with E-state index in [2.05, 4.69) is 11.6 Å². The molecule has 0 saturated carbocycles. The molecule has 0 radical (unpaired) electrons. The number of benzene rings is 2. The fraction of sp³-hybridized carbons (Fsp3) is 0.240. The van der Waals surface area contributed by atoms with Crippen LogP contribution in [0.5, 0.6) is 0 Å². The number of ketones is 1. The lowest BCUT2D eigenvalue weighted by Gasteiger charge is -2.15. The van der Waals surface area contributed by atoms with Crippen LogP contribution in [0.4, 0.5) is 0 Å². The number of carbonyl (C=O) groups is 2. The van der Waals surface area contributed by atoms with Crippen molar-refractivity contribution in [3.63, 3.8) is 0 Å². The summed E-state index contributed by atoms with van der Waals surface area (Å²) in [5, 5.41) is 0. The predicted molar refractivity (Wildman–Crippen MR) is 119 cm³/mol. The summed E-state index contributed by atoms with van der Waals surface area (Å²) in [5.41, 5.74) is 2.54. The van der Waals surface area contributed by atoms with Gasteiger partial charge in [0.2, 0.25) is 6.23 Å². The highest BCUT2D eigenvalue weighted by atomic mass is 16.6. The third-order valence-corrected chi connectivity index (χ3v) is 4.83. The third-order valence-electron chi connectivity index (χ3n) is 4.83. The summed E-state index contributed by atoms with van der Waals surface area (Å²) in [6.07, 6.45) is 3.34. The van der Waals surface area contributed by atoms with E-state index in [1.807, 2.05) is 42.5 Å². The summed E-state index contributed by atoms with van der Waals surface area (Å²) < 4.78 is 16.5. The Labute approximate surface area is 181 Å². The number of aliphatic imine (C=N–C) groups is 1. The number of nitrogens with zero attached hydrogens (tertiary/aromatic N) is 1. The Kier molecular flexibility index (Phi) is 7.38. The van der Waals surface area contributed by atoms with Crippen LogP contribution in [0.25, 0.3) is 11.1 Å². The maximum Gasteiger partial charge on any atom is 0.338 e. The number of hydrogen-bond donors (Lipinski definition) is 0. The Morgan fingerprint density at radius 1 is 1.13 bits per heavy atom. The standard InChI is InChI=1S/C25H25NO5/c1-4-29-23-14-22(31-24(23)26-15-17(2)18(3)27)16-30-25(28)21-12-10-20(11-13-21)19-8-6-5-7-9-19/h4-15,17,23-24H,1,16H2,2-3H3. The molecule has 3 atom stereocenters. The van der Waals surface area contributed by atoms with Gasteiger partial charge in [0.15, 0.2) is 6.10 Å². The molecule has 0 fully saturated rings. The molecule has 0 aromatic heterocycles. The van der Waals surface area contributed by atoms with Crippen molar-refractivity contribution in [2.75, 3.05) is 6.61 Å². The molecule has 1 aliphatic heterocycles. The lowest BCUT2D eigenvalue weighted by molar-refractivity contribution is -0.118. The number of hydrogen-bond acceptors (Lipinski definition) is 6. The monoisotopic (exact) mass is 419 g/mol. The van der Waals surface area contributed by atoms with Crippen LogP contribution in [0, 0.1) is 5.92 Å². The summed E-state index contributed by atoms with van der Waals surface area (Å²) in [7, 11) is 0. The summed E-state index contributed by atoms with van der Waals surface area (Å²) in [6, 6.07) is 17.1. The first-order chi connectivity index (χ1) is 15.0. The van der Waals surface area contributed by atoms with Crippen molar-refractivity contribution in [3.05, 3.63) is 84.8 Å². The zero-order chi connectivity index (χ0) is 22.2. The van der Waals surface area contributed by atoms with E-state index in [1.54, 1.807) is 25.1 Å². The van der Waals surface area contributed by atoms with Crippen molar-refractivity contribution < 1.29 is 23.8 Å². The normalized spacial score (nSPS) is 18.7. The Morgan fingerprint density at radius 3 is 2.45 bits per heavy atom. The lowest BCUT2D eigenvalue weighted by atomic mass is 10.0. The first kappa shape index (κ1) is 22.0. The van der Waals surface area contributed by atoms with Gasteiger partial charge in [-0.05, 0) is 30.2 Å². The highest BCUT2D eigenvalue weighted by Gasteiger charge is 2.30. The van der Waals surface area contributed by atoms with Gasteiger partial charge in [-0.15, -0.1) is 0 Å². The number of rotatable bonds is 9. The second kappa shape index (κ2) is 10.4. The molecule has 160 valence electrons. The fourth-order valence-electron chi connectivity index (χ4n) is 2.91. The van der Waals surface area contributed by atoms with Crippen molar-refractivity contribution >= 4 is 18.0 Å². The molecule has 0 saturated heterocycles. The smallest absolute Gasteiger partial charge is 0.338 e. The van der Waals surface area contributed by atoms with Gasteiger partial charge in [-0.1, -0.05) is 56.0 Å². The van der Waals surface area contributed by atoms with Crippen molar-refractivity contribution in [1.29, 1.82) is 0 Å². The molecule has 3 unspecified atom stereocenters. The van der Waals surface area contributed by atoms with Gasteiger partial charge in [-0.25, -0.2) is 4.79 Å². The predicted octanol–water partition coefficient (Wildman–Crippen LogP) is 4.58. The Balaban J connectivity index is 1.58. The maximum atomic E-state index is 12.4. The van der Waals surface area contributed by atoms with E-state index < -0.39 is 18.3 Å². The summed E-state index contributed by atoms with van der Waals surface area (Å²) >= 11 is 0. The van der Waals surface area contributed by atoms with Crippen LogP contribution in [-0.4, -0.2) is 36.9 Å². The van der Waals surface area contributed by atoms with Gasteiger partial charge < -0.3 is 14.2 Å². The topological polar surface area (TPSA) is 74.2 Å². The molecule has 0 bridgehead atoms. The van der Waals surface area contributed by atoms with Gasteiger partial charge >= 0.3 is 5.97 Å². The molecule has 0 amide bonds. The SMILES string of the molecule is C=COC1C=C(COC(=O)c2ccc(-c3ccccc3)cc2)OC1N=CC(C)C(C)=O. The van der Waals surface area contributed by atoms with E-state index in [-0.39, 0.29) is 18.3 Å². The van der Waals surface area contributed by atoms with Crippen LogP contribution in [-0.2, 0) is 19.0 Å². The summed E-state index contributed by atoms with van der Waals surface area (Å²) in [4.78, 5) is 28.1. The Bertz CT molecular complexity index is 979. The van der Waals surface area contributed by atoms with Gasteiger partial charge in [0.05, 0.1) is 11.8 Å². The van der Waals surface area contributed by atoms with Crippen LogP contribution < -0.4 is 0 Å². The van der Waals surface area contributed by atoms with Crippen molar-refractivity contribution in [2.24, 2.45) is 10.9 Å². The van der Waals surface area contributed by atoms with Crippen molar-refractivity contribution in [3.8, 4) is 11.1 Å². The molecule has 2 aromatic rings. The maximum absolute atomic E-state index is 12.4. The average molecular weight is 419 g/mol. The molecule has 31 heavy (non-hydrogen) atoms. The van der Waals surface area contributed by atoms with E-state index in [0.717, 1.165) is 11.1 Å². The quantitative estimate of drug-likeness (QED) is 0.338. The Hall–Kier alpha value is -3.67. The highest BCUT2D eigenvalue weighted by Crippen LogP contribution is 2.23. The molecule has 0 N–H and O–H groups in total. The van der Waals surface area contributed by atoms with Gasteiger partial charge in [0, 0.05) is 18.2 Å². The van der Waals surface area contributed by atoms with Crippen LogP contribution >= 0.6 is 0 Å². The summed E-state index contributed by atoms with van der Waals surface area (Å²) in [5.74, 6) is -0.349. The first-order valence-electron chi connectivity index (χ1n) is 9.98. The van der Waals surface area contributed by atoms with Crippen LogP contribution in [0.15, 0.2) is 84.3 Å². The van der Waals surface area contributed by atoms with Gasteiger partial charge in [0.25, 0.3) is 0 Å². The fourth-order valence-corrected chi connectivity index (χ4v) is 2.91. The molecule has 0 aliphatic carbocycles. The number of carbonyl (C=O) groups excluding carboxylic acids is 2. The molecule has 6 nitrogen and oxygen atoms in total. The second-order valence-electron chi connectivity index (χ2n) is 7.13. The second-order valence-corrected chi connectivity index (χ2v) is 7.13. The zero-order valence-electron chi connectivity index (χ0n) is 17.6. The molecule has 3 rings (SSSR count). The molecule has 1 heterocycles. The molecule has 6 heteroatoms. The van der Waals surface area contributed by atoms with Crippen LogP contribution in [0.1, 0.15) is 24.2 Å². The van der Waals surface area contributed by atoms with Gasteiger partial charge in [0.1, 0.15) is 18.1 Å². The number of esters is 1. The van der Waals surface area contributed by atoms with E-state index in [0.29, 0.717) is 11.3 Å². The van der Waals surface area contributed by atoms with Crippen LogP contribution in [0.2, 0.25) is 0 Å². The molecule has 0 spiro atoms. The highest BCUT2D eigenvalue weighted by molar-refractivity contribution is 5.92. The first-order valence-corrected chi connectivity index (χ1v) is 9.98. The van der Waals surface area contributed by atoms with Crippen molar-refractivity contribution in [2.45, 2.75) is 26.2 Å². The largest absolute Gasteiger partial charge is 0.488 e. The Morgan fingerprint density at radius 2 is 1.81 bits per heavy atom. The third kappa shape index (κ3) is 5.92. The van der Waals surface area contributed by atoms with E-state index in [1.165, 1.54) is 19.4 Å². The van der Waals surface area contributed by atoms with E-state index in [4.69, 9.17) is 14.2 Å². The molecule has 2 aromatic carbocycles. The lowest BCUT2D eigenvalue weighted by Crippen LogP contribution is -2.22. The number of ether oxygens (including phenoxy) is 3. The summed E-state index contributed by atoms with van der Waals surface area (Å²) in [6.45, 7) is 6.75. The molecular weight excluding hydrogens is 394 g/mol. The number of Topliss-reactive ketones (excluding diaryl/α,β-unsaturated/α-hetero) is 1. The molecule has 1 aliphatic rings. The minimum atomic E-state index is -0.668. The zero-order valence-corrected chi connectivity index (χ0v) is 17.6. The van der Waals surface area contributed by atoms with Crippen LogP contribution in [0.3, 0.4) is 0 Å². The average Bonchev–Trinajstić information content (AvgIpc) is 3.18. The molecular formula is C25H25NO5. The van der Waals surface area contributed by atoms with Gasteiger partial charge in [-0.2, -0.15) is 0 Å². The van der Waals surface area contributed by atoms with E-state index in [9.17, 15) is 9.59 Å².